The Morgan fingerprint density at radius 2 is 1.16 bits per heavy atom. The SMILES string of the molecule is CCOc1ccc([N+](=O)[O-])c(-c2cc(=O)c3ccccc3o2)c1.O=c1cc(-c2cc(O)ccc2[N+](=O)[O-])oc2ccccc12. The largest absolute Gasteiger partial charge is 0.508 e. The van der Waals surface area contributed by atoms with Crippen LogP contribution in [0.15, 0.2) is 115 Å². The average Bonchev–Trinajstić information content (AvgIpc) is 3.01. The van der Waals surface area contributed by atoms with Gasteiger partial charge in [0, 0.05) is 24.3 Å². The molecule has 4 aromatic carbocycles. The van der Waals surface area contributed by atoms with Crippen LogP contribution in [0.1, 0.15) is 6.92 Å². The number of ether oxygens (including phenoxy) is 1. The normalized spacial score (nSPS) is 10.7. The number of phenolic OH excluding ortho intramolecular Hbond substituents is 1. The molecule has 6 rings (SSSR count). The first kappa shape index (κ1) is 29.2. The third kappa shape index (κ3) is 5.99. The van der Waals surface area contributed by atoms with Crippen molar-refractivity contribution in [1.82, 2.24) is 0 Å². The molecule has 0 aliphatic rings. The second-order valence-corrected chi connectivity index (χ2v) is 9.27. The summed E-state index contributed by atoms with van der Waals surface area (Å²) >= 11 is 0. The topological polar surface area (TPSA) is 176 Å². The summed E-state index contributed by atoms with van der Waals surface area (Å²) in [4.78, 5) is 45.5. The lowest BCUT2D eigenvalue weighted by atomic mass is 10.1. The number of nitro groups is 2. The molecule has 0 radical (unpaired) electrons. The lowest BCUT2D eigenvalue weighted by Crippen LogP contribution is -2.01. The Hall–Kier alpha value is -6.30. The third-order valence-corrected chi connectivity index (χ3v) is 6.45. The van der Waals surface area contributed by atoms with E-state index in [1.54, 1.807) is 48.5 Å². The predicted molar refractivity (Wildman–Crippen MR) is 162 cm³/mol. The molecule has 2 aromatic heterocycles. The van der Waals surface area contributed by atoms with E-state index in [9.17, 15) is 34.9 Å². The maximum atomic E-state index is 12.2. The molecular weight excluding hydrogens is 572 g/mol. The fraction of sp³-hybridized carbons (Fsp3) is 0.0625. The lowest BCUT2D eigenvalue weighted by Gasteiger charge is -2.07. The molecule has 0 saturated heterocycles. The van der Waals surface area contributed by atoms with E-state index in [1.807, 2.05) is 6.92 Å². The molecule has 0 unspecified atom stereocenters. The van der Waals surface area contributed by atoms with E-state index in [0.717, 1.165) is 0 Å². The first-order valence-electron chi connectivity index (χ1n) is 13.1. The van der Waals surface area contributed by atoms with Crippen LogP contribution in [0.5, 0.6) is 11.5 Å². The fourth-order valence-electron chi connectivity index (χ4n) is 4.48. The van der Waals surface area contributed by atoms with Crippen LogP contribution < -0.4 is 15.6 Å². The highest BCUT2D eigenvalue weighted by Gasteiger charge is 2.21. The average molecular weight is 595 g/mol. The van der Waals surface area contributed by atoms with Crippen molar-refractivity contribution in [1.29, 1.82) is 0 Å². The summed E-state index contributed by atoms with van der Waals surface area (Å²) in [5.41, 5.74) is 0.0379. The molecular formula is C32H22N2O10. The fourth-order valence-corrected chi connectivity index (χ4v) is 4.48. The molecule has 2 heterocycles. The number of nitro benzene ring substituents is 2. The van der Waals surface area contributed by atoms with Crippen molar-refractivity contribution >= 4 is 33.3 Å². The highest BCUT2D eigenvalue weighted by atomic mass is 16.6. The van der Waals surface area contributed by atoms with Crippen LogP contribution in [0.4, 0.5) is 11.4 Å². The summed E-state index contributed by atoms with van der Waals surface area (Å²) < 4.78 is 16.6. The highest BCUT2D eigenvalue weighted by molar-refractivity contribution is 5.81. The van der Waals surface area contributed by atoms with E-state index >= 15 is 0 Å². The van der Waals surface area contributed by atoms with Gasteiger partial charge in [0.05, 0.1) is 38.4 Å². The number of aromatic hydroxyl groups is 1. The zero-order valence-electron chi connectivity index (χ0n) is 23.0. The summed E-state index contributed by atoms with van der Waals surface area (Å²) in [5, 5.41) is 32.7. The van der Waals surface area contributed by atoms with Crippen molar-refractivity contribution < 1.29 is 28.5 Å². The van der Waals surface area contributed by atoms with Crippen LogP contribution in [0.25, 0.3) is 44.6 Å². The Morgan fingerprint density at radius 3 is 1.66 bits per heavy atom. The van der Waals surface area contributed by atoms with Gasteiger partial charge in [-0.1, -0.05) is 24.3 Å². The van der Waals surface area contributed by atoms with Gasteiger partial charge in [0.2, 0.25) is 0 Å². The van der Waals surface area contributed by atoms with E-state index in [1.165, 1.54) is 48.5 Å². The summed E-state index contributed by atoms with van der Waals surface area (Å²) in [6, 6.07) is 23.8. The molecule has 6 aromatic rings. The molecule has 0 bridgehead atoms. The molecule has 220 valence electrons. The van der Waals surface area contributed by atoms with Gasteiger partial charge in [-0.3, -0.25) is 29.8 Å². The Labute approximate surface area is 247 Å². The minimum atomic E-state index is -0.593. The van der Waals surface area contributed by atoms with Crippen LogP contribution in [-0.4, -0.2) is 21.6 Å². The van der Waals surface area contributed by atoms with Gasteiger partial charge in [0.15, 0.2) is 10.9 Å². The van der Waals surface area contributed by atoms with Crippen LogP contribution in [0.2, 0.25) is 0 Å². The minimum absolute atomic E-state index is 0.0429. The molecule has 12 nitrogen and oxygen atoms in total. The Kier molecular flexibility index (Phi) is 8.15. The zero-order valence-corrected chi connectivity index (χ0v) is 23.0. The summed E-state index contributed by atoms with van der Waals surface area (Å²) in [6.45, 7) is 2.25. The van der Waals surface area contributed by atoms with Gasteiger partial charge in [-0.15, -0.1) is 0 Å². The highest BCUT2D eigenvalue weighted by Crippen LogP contribution is 2.35. The van der Waals surface area contributed by atoms with Crippen molar-refractivity contribution in [2.24, 2.45) is 0 Å². The van der Waals surface area contributed by atoms with Crippen molar-refractivity contribution in [2.45, 2.75) is 6.92 Å². The maximum absolute atomic E-state index is 12.2. The quantitative estimate of drug-likeness (QED) is 0.159. The number of fused-ring (bicyclic) bond motifs is 2. The number of phenols is 1. The molecule has 1 N–H and O–H groups in total. The maximum Gasteiger partial charge on any atom is 0.280 e. The van der Waals surface area contributed by atoms with Crippen molar-refractivity contribution in [3.05, 3.63) is 138 Å². The van der Waals surface area contributed by atoms with Gasteiger partial charge in [0.1, 0.15) is 34.2 Å². The van der Waals surface area contributed by atoms with Gasteiger partial charge < -0.3 is 18.7 Å². The molecule has 0 aliphatic heterocycles. The Morgan fingerprint density at radius 1 is 0.682 bits per heavy atom. The molecule has 0 saturated carbocycles. The third-order valence-electron chi connectivity index (χ3n) is 6.45. The number of hydrogen-bond donors (Lipinski definition) is 1. The van der Waals surface area contributed by atoms with E-state index in [0.29, 0.717) is 34.3 Å². The van der Waals surface area contributed by atoms with Gasteiger partial charge >= 0.3 is 0 Å². The van der Waals surface area contributed by atoms with Crippen LogP contribution in [0.3, 0.4) is 0 Å². The summed E-state index contributed by atoms with van der Waals surface area (Å²) in [5.74, 6) is 0.513. The Balaban J connectivity index is 0.000000175. The molecule has 0 atom stereocenters. The molecule has 0 fully saturated rings. The van der Waals surface area contributed by atoms with Crippen LogP contribution in [0, 0.1) is 20.2 Å². The van der Waals surface area contributed by atoms with Crippen LogP contribution in [-0.2, 0) is 0 Å². The monoisotopic (exact) mass is 594 g/mol. The van der Waals surface area contributed by atoms with Gasteiger partial charge in [-0.05, 0) is 55.5 Å². The second kappa shape index (κ2) is 12.3. The number of nitrogens with zero attached hydrogens (tertiary/aromatic N) is 2. The predicted octanol–water partition coefficient (Wildman–Crippen LogP) is 6.84. The van der Waals surface area contributed by atoms with Crippen LogP contribution >= 0.6 is 0 Å². The van der Waals surface area contributed by atoms with Crippen molar-refractivity contribution in [2.75, 3.05) is 6.61 Å². The number of rotatable bonds is 6. The van der Waals surface area contributed by atoms with Gasteiger partial charge in [0.25, 0.3) is 11.4 Å². The van der Waals surface area contributed by atoms with Gasteiger partial charge in [-0.25, -0.2) is 0 Å². The van der Waals surface area contributed by atoms with Crippen molar-refractivity contribution in [3.8, 4) is 34.1 Å². The Bertz CT molecular complexity index is 2170. The first-order valence-corrected chi connectivity index (χ1v) is 13.1. The van der Waals surface area contributed by atoms with E-state index in [4.69, 9.17) is 13.6 Å². The molecule has 12 heteroatoms. The number of hydrogen-bond acceptors (Lipinski definition) is 10. The summed E-state index contributed by atoms with van der Waals surface area (Å²) in [6.07, 6.45) is 0. The minimum Gasteiger partial charge on any atom is -0.508 e. The first-order chi connectivity index (χ1) is 21.2. The van der Waals surface area contributed by atoms with E-state index in [2.05, 4.69) is 0 Å². The van der Waals surface area contributed by atoms with Gasteiger partial charge in [-0.2, -0.15) is 0 Å². The standard InChI is InChI=1S/C17H13NO5.C15H9NO5/c1-2-22-11-7-8-14(18(20)21)13(9-11)17-10-15(19)12-5-3-4-6-16(12)23-17;17-9-5-6-12(16(19)20)11(7-9)15-8-13(18)10-3-1-2-4-14(10)21-15/h3-10H,2H2,1H3;1-8,17H. The number of benzene rings is 4. The molecule has 0 aliphatic carbocycles. The smallest absolute Gasteiger partial charge is 0.280 e. The second-order valence-electron chi connectivity index (χ2n) is 9.27. The van der Waals surface area contributed by atoms with E-state index in [-0.39, 0.29) is 50.6 Å². The summed E-state index contributed by atoms with van der Waals surface area (Å²) in [7, 11) is 0. The molecule has 44 heavy (non-hydrogen) atoms. The number of para-hydroxylation sites is 2. The van der Waals surface area contributed by atoms with E-state index < -0.39 is 9.85 Å². The molecule has 0 amide bonds. The van der Waals surface area contributed by atoms with Crippen molar-refractivity contribution in [3.63, 3.8) is 0 Å². The zero-order chi connectivity index (χ0) is 31.4. The molecule has 0 spiro atoms. The lowest BCUT2D eigenvalue weighted by molar-refractivity contribution is -0.384.